The van der Waals surface area contributed by atoms with Gasteiger partial charge in [0.15, 0.2) is 0 Å². The molecule has 1 N–H and O–H groups in total. The summed E-state index contributed by atoms with van der Waals surface area (Å²) in [5.41, 5.74) is 1.23. The van der Waals surface area contributed by atoms with Gasteiger partial charge in [0, 0.05) is 33.9 Å². The Labute approximate surface area is 197 Å². The minimum Gasteiger partial charge on any atom is -0.352 e. The van der Waals surface area contributed by atoms with Crippen LogP contribution in [0.2, 0.25) is 10.0 Å². The standard InChI is InChI=1S/C23H27Cl2FN2O2S/c1-4-15(2)27-23(30)16(3)28(12-17-7-5-6-8-21(17)26)22(29)14-31-13-18-9-10-19(24)11-20(18)25/h5-11,15-16H,4,12-14H2,1-3H3,(H,27,30)/t15-,16+/m1/s1. The maximum atomic E-state index is 14.2. The lowest BCUT2D eigenvalue weighted by Crippen LogP contribution is -2.50. The third-order valence-electron chi connectivity index (χ3n) is 4.97. The molecule has 2 amide bonds. The predicted octanol–water partition coefficient (Wildman–Crippen LogP) is 5.70. The molecule has 0 aliphatic carbocycles. The first kappa shape index (κ1) is 25.5. The van der Waals surface area contributed by atoms with Crippen molar-refractivity contribution in [2.45, 2.75) is 51.6 Å². The van der Waals surface area contributed by atoms with Crippen LogP contribution in [0.1, 0.15) is 38.3 Å². The fraction of sp³-hybridized carbons (Fsp3) is 0.391. The molecular weight excluding hydrogens is 458 g/mol. The second kappa shape index (κ2) is 12.3. The zero-order chi connectivity index (χ0) is 23.0. The Morgan fingerprint density at radius 1 is 1.13 bits per heavy atom. The zero-order valence-corrected chi connectivity index (χ0v) is 20.2. The molecule has 2 aromatic carbocycles. The van der Waals surface area contributed by atoms with E-state index in [9.17, 15) is 14.0 Å². The van der Waals surface area contributed by atoms with Crippen LogP contribution in [0.3, 0.4) is 0 Å². The van der Waals surface area contributed by atoms with Crippen molar-refractivity contribution >= 4 is 46.8 Å². The van der Waals surface area contributed by atoms with Crippen molar-refractivity contribution in [2.24, 2.45) is 0 Å². The van der Waals surface area contributed by atoms with Gasteiger partial charge in [-0.2, -0.15) is 0 Å². The van der Waals surface area contributed by atoms with E-state index in [-0.39, 0.29) is 30.2 Å². The van der Waals surface area contributed by atoms with E-state index in [0.717, 1.165) is 12.0 Å². The number of amides is 2. The molecule has 0 aromatic heterocycles. The number of carbonyl (C=O) groups excluding carboxylic acids is 2. The third-order valence-corrected chi connectivity index (χ3v) is 6.52. The summed E-state index contributed by atoms with van der Waals surface area (Å²) in [5.74, 6) is -0.262. The average Bonchev–Trinajstić information content (AvgIpc) is 2.73. The molecule has 2 rings (SSSR count). The Balaban J connectivity index is 2.11. The molecule has 0 heterocycles. The quantitative estimate of drug-likeness (QED) is 0.470. The molecule has 0 radical (unpaired) electrons. The smallest absolute Gasteiger partial charge is 0.242 e. The second-order valence-corrected chi connectivity index (χ2v) is 9.16. The van der Waals surface area contributed by atoms with Gasteiger partial charge in [0.25, 0.3) is 0 Å². The summed E-state index contributed by atoms with van der Waals surface area (Å²) in [6.45, 7) is 5.55. The highest BCUT2D eigenvalue weighted by molar-refractivity contribution is 7.99. The first-order chi connectivity index (χ1) is 14.7. The van der Waals surface area contributed by atoms with Crippen molar-refractivity contribution in [3.05, 3.63) is 69.5 Å². The monoisotopic (exact) mass is 484 g/mol. The topological polar surface area (TPSA) is 49.4 Å². The van der Waals surface area contributed by atoms with Crippen LogP contribution >= 0.6 is 35.0 Å². The van der Waals surface area contributed by atoms with Gasteiger partial charge in [-0.1, -0.05) is 54.4 Å². The average molecular weight is 485 g/mol. The largest absolute Gasteiger partial charge is 0.352 e. The van der Waals surface area contributed by atoms with Crippen LogP contribution in [0.25, 0.3) is 0 Å². The van der Waals surface area contributed by atoms with Crippen LogP contribution in [0.5, 0.6) is 0 Å². The summed E-state index contributed by atoms with van der Waals surface area (Å²) in [6.07, 6.45) is 0.775. The number of hydrogen-bond donors (Lipinski definition) is 1. The predicted molar refractivity (Wildman–Crippen MR) is 127 cm³/mol. The number of rotatable bonds is 10. The highest BCUT2D eigenvalue weighted by atomic mass is 35.5. The summed E-state index contributed by atoms with van der Waals surface area (Å²) in [4.78, 5) is 27.1. The van der Waals surface area contributed by atoms with E-state index in [2.05, 4.69) is 5.32 Å². The molecule has 31 heavy (non-hydrogen) atoms. The van der Waals surface area contributed by atoms with Gasteiger partial charge in [-0.25, -0.2) is 4.39 Å². The molecule has 168 valence electrons. The van der Waals surface area contributed by atoms with Crippen LogP contribution < -0.4 is 5.32 Å². The Bertz CT molecular complexity index is 913. The van der Waals surface area contributed by atoms with E-state index < -0.39 is 11.9 Å². The maximum Gasteiger partial charge on any atom is 0.242 e. The molecule has 0 bridgehead atoms. The second-order valence-electron chi connectivity index (χ2n) is 7.34. The van der Waals surface area contributed by atoms with Crippen molar-refractivity contribution in [1.82, 2.24) is 10.2 Å². The van der Waals surface area contributed by atoms with Gasteiger partial charge in [0.1, 0.15) is 11.9 Å². The molecule has 2 atom stereocenters. The van der Waals surface area contributed by atoms with Crippen LogP contribution in [0.4, 0.5) is 4.39 Å². The van der Waals surface area contributed by atoms with Gasteiger partial charge in [-0.15, -0.1) is 11.8 Å². The fourth-order valence-electron chi connectivity index (χ4n) is 2.83. The molecule has 2 aromatic rings. The molecule has 0 aliphatic rings. The number of nitrogens with one attached hydrogen (secondary N) is 1. The number of nitrogens with zero attached hydrogens (tertiary/aromatic N) is 1. The van der Waals surface area contributed by atoms with Crippen molar-refractivity contribution in [3.63, 3.8) is 0 Å². The Kier molecular flexibility index (Phi) is 10.1. The summed E-state index contributed by atoms with van der Waals surface area (Å²) in [7, 11) is 0. The van der Waals surface area contributed by atoms with Crippen molar-refractivity contribution in [2.75, 3.05) is 5.75 Å². The third kappa shape index (κ3) is 7.70. The highest BCUT2D eigenvalue weighted by Gasteiger charge is 2.27. The van der Waals surface area contributed by atoms with Gasteiger partial charge in [0.2, 0.25) is 11.8 Å². The Morgan fingerprint density at radius 3 is 2.48 bits per heavy atom. The molecule has 0 saturated heterocycles. The molecule has 4 nitrogen and oxygen atoms in total. The first-order valence-electron chi connectivity index (χ1n) is 10.1. The number of benzene rings is 2. The first-order valence-corrected chi connectivity index (χ1v) is 12.0. The Hall–Kier alpha value is -1.76. The van der Waals surface area contributed by atoms with Crippen LogP contribution in [0, 0.1) is 5.82 Å². The fourth-order valence-corrected chi connectivity index (χ4v) is 4.30. The molecule has 0 fully saturated rings. The van der Waals surface area contributed by atoms with Crippen molar-refractivity contribution < 1.29 is 14.0 Å². The lowest BCUT2D eigenvalue weighted by atomic mass is 10.1. The lowest BCUT2D eigenvalue weighted by molar-refractivity contribution is -0.139. The minimum absolute atomic E-state index is 0.0122. The molecule has 0 spiro atoms. The molecule has 0 saturated carbocycles. The van der Waals surface area contributed by atoms with Crippen molar-refractivity contribution in [3.8, 4) is 0 Å². The molecule has 0 aliphatic heterocycles. The normalized spacial score (nSPS) is 12.8. The Morgan fingerprint density at radius 2 is 1.84 bits per heavy atom. The van der Waals surface area contributed by atoms with Gasteiger partial charge in [-0.3, -0.25) is 9.59 Å². The van der Waals surface area contributed by atoms with Gasteiger partial charge >= 0.3 is 0 Å². The van der Waals surface area contributed by atoms with Crippen molar-refractivity contribution in [1.29, 1.82) is 0 Å². The zero-order valence-electron chi connectivity index (χ0n) is 17.8. The molecule has 8 heteroatoms. The summed E-state index contributed by atoms with van der Waals surface area (Å²) >= 11 is 13.5. The lowest BCUT2D eigenvalue weighted by Gasteiger charge is -2.29. The van der Waals surface area contributed by atoms with Gasteiger partial charge in [0.05, 0.1) is 5.75 Å². The van der Waals surface area contributed by atoms with Crippen LogP contribution in [-0.4, -0.2) is 34.6 Å². The van der Waals surface area contributed by atoms with Crippen LogP contribution in [-0.2, 0) is 21.9 Å². The van der Waals surface area contributed by atoms with E-state index in [1.807, 2.05) is 19.9 Å². The van der Waals surface area contributed by atoms with E-state index in [4.69, 9.17) is 23.2 Å². The molecular formula is C23H27Cl2FN2O2S. The number of hydrogen-bond acceptors (Lipinski definition) is 3. The number of carbonyl (C=O) groups is 2. The van der Waals surface area contributed by atoms with E-state index in [1.165, 1.54) is 22.7 Å². The van der Waals surface area contributed by atoms with E-state index in [1.54, 1.807) is 37.3 Å². The summed E-state index contributed by atoms with van der Waals surface area (Å²) < 4.78 is 14.2. The number of thioether (sulfide) groups is 1. The molecule has 0 unspecified atom stereocenters. The SMILES string of the molecule is CC[C@@H](C)NC(=O)[C@H](C)N(Cc1ccccc1F)C(=O)CSCc1ccc(Cl)cc1Cl. The van der Waals surface area contributed by atoms with E-state index >= 15 is 0 Å². The number of halogens is 3. The maximum absolute atomic E-state index is 14.2. The van der Waals surface area contributed by atoms with Gasteiger partial charge in [-0.05, 0) is 44.0 Å². The minimum atomic E-state index is -0.735. The van der Waals surface area contributed by atoms with Gasteiger partial charge < -0.3 is 10.2 Å². The van der Waals surface area contributed by atoms with E-state index in [0.29, 0.717) is 21.4 Å². The summed E-state index contributed by atoms with van der Waals surface area (Å²) in [6, 6.07) is 10.8. The highest BCUT2D eigenvalue weighted by Crippen LogP contribution is 2.25. The van der Waals surface area contributed by atoms with Crippen LogP contribution in [0.15, 0.2) is 42.5 Å². The summed E-state index contributed by atoms with van der Waals surface area (Å²) in [5, 5.41) is 3.98.